The molecule has 0 aliphatic rings. The van der Waals surface area contributed by atoms with E-state index in [0.29, 0.717) is 37.6 Å². The molecule has 7 heteroatoms. The number of carboxylic acid groups (broad SMARTS) is 1. The normalized spacial score (nSPS) is 11.2. The molecule has 0 unspecified atom stereocenters. The third kappa shape index (κ3) is 8.60. The van der Waals surface area contributed by atoms with Crippen LogP contribution in [0.5, 0.6) is 17.4 Å². The second-order valence-corrected chi connectivity index (χ2v) is 10.0. The van der Waals surface area contributed by atoms with E-state index in [1.807, 2.05) is 122 Å². The maximum absolute atomic E-state index is 11.7. The molecule has 0 amide bonds. The van der Waals surface area contributed by atoms with Gasteiger partial charge < -0.3 is 19.3 Å². The molecule has 0 saturated carbocycles. The molecule has 1 aromatic heterocycles. The summed E-state index contributed by atoms with van der Waals surface area (Å²) in [5, 5.41) is 14.2. The van der Waals surface area contributed by atoms with Gasteiger partial charge in [0.25, 0.3) is 0 Å². The van der Waals surface area contributed by atoms with Crippen LogP contribution in [-0.4, -0.2) is 20.9 Å². The Bertz CT molecular complexity index is 1630. The van der Waals surface area contributed by atoms with Crippen molar-refractivity contribution >= 4 is 12.0 Å². The van der Waals surface area contributed by atoms with Gasteiger partial charge in [-0.15, -0.1) is 5.10 Å². The molecule has 0 aliphatic heterocycles. The summed E-state index contributed by atoms with van der Waals surface area (Å²) in [5.41, 5.74) is 5.07. The van der Waals surface area contributed by atoms with Crippen LogP contribution < -0.4 is 14.2 Å². The van der Waals surface area contributed by atoms with E-state index >= 15 is 0 Å². The number of ether oxygens (including phenoxy) is 3. The van der Waals surface area contributed by atoms with Gasteiger partial charge in [-0.1, -0.05) is 91.9 Å². The SMILES string of the molecule is CCC(=Cc1cn(Cc2ccc(OCc3ccccc3)cc2)nc1OCc1ccc(OCc2ccccc2)cc1)C(=O)O. The lowest BCUT2D eigenvalue weighted by Gasteiger charge is -2.08. The molecule has 0 atom stereocenters. The maximum atomic E-state index is 11.7. The number of hydrogen-bond acceptors (Lipinski definition) is 5. The topological polar surface area (TPSA) is 82.8 Å². The van der Waals surface area contributed by atoms with E-state index in [9.17, 15) is 9.90 Å². The second kappa shape index (κ2) is 14.5. The first-order valence-electron chi connectivity index (χ1n) is 14.2. The summed E-state index contributed by atoms with van der Waals surface area (Å²) in [6.45, 7) is 3.58. The molecule has 43 heavy (non-hydrogen) atoms. The number of nitrogens with zero attached hydrogens (tertiary/aromatic N) is 2. The van der Waals surface area contributed by atoms with Gasteiger partial charge in [-0.2, -0.15) is 0 Å². The van der Waals surface area contributed by atoms with E-state index in [4.69, 9.17) is 14.2 Å². The van der Waals surface area contributed by atoms with Crippen molar-refractivity contribution in [3.8, 4) is 17.4 Å². The molecule has 0 fully saturated rings. The number of rotatable bonds is 14. The fourth-order valence-corrected chi connectivity index (χ4v) is 4.41. The monoisotopic (exact) mass is 574 g/mol. The third-order valence-corrected chi connectivity index (χ3v) is 6.80. The number of hydrogen-bond donors (Lipinski definition) is 1. The zero-order valence-corrected chi connectivity index (χ0v) is 24.1. The quantitative estimate of drug-likeness (QED) is 0.138. The standard InChI is InChI=1S/C36H34N2O5/c1-2-31(36(39)40)21-32-23-38(22-27-13-17-33(18-14-27)41-24-28-9-5-3-6-10-28)37-35(32)43-26-30-15-19-34(20-16-30)42-25-29-11-7-4-8-12-29/h3-21,23H,2,22,24-26H2,1H3,(H,39,40). The van der Waals surface area contributed by atoms with E-state index in [-0.39, 0.29) is 12.2 Å². The van der Waals surface area contributed by atoms with Crippen molar-refractivity contribution in [2.75, 3.05) is 0 Å². The number of benzene rings is 4. The lowest BCUT2D eigenvalue weighted by Crippen LogP contribution is -2.02. The summed E-state index contributed by atoms with van der Waals surface area (Å²) in [7, 11) is 0. The van der Waals surface area contributed by atoms with Gasteiger partial charge >= 0.3 is 5.97 Å². The van der Waals surface area contributed by atoms with Gasteiger partial charge in [0.1, 0.15) is 31.3 Å². The van der Waals surface area contributed by atoms with Crippen molar-refractivity contribution in [3.63, 3.8) is 0 Å². The van der Waals surface area contributed by atoms with E-state index in [0.717, 1.165) is 33.8 Å². The molecule has 1 N–H and O–H groups in total. The summed E-state index contributed by atoms with van der Waals surface area (Å²) < 4.78 is 19.6. The van der Waals surface area contributed by atoms with Gasteiger partial charge in [0, 0.05) is 11.8 Å². The van der Waals surface area contributed by atoms with E-state index in [1.54, 1.807) is 10.8 Å². The Hall–Kier alpha value is -5.30. The molecule has 5 rings (SSSR count). The molecule has 7 nitrogen and oxygen atoms in total. The highest BCUT2D eigenvalue weighted by Gasteiger charge is 2.13. The highest BCUT2D eigenvalue weighted by atomic mass is 16.5. The minimum Gasteiger partial charge on any atom is -0.489 e. The van der Waals surface area contributed by atoms with Crippen molar-refractivity contribution in [1.29, 1.82) is 0 Å². The number of aromatic nitrogens is 2. The lowest BCUT2D eigenvalue weighted by atomic mass is 10.1. The molecule has 0 aliphatic carbocycles. The third-order valence-electron chi connectivity index (χ3n) is 6.80. The Labute approximate surface area is 251 Å². The van der Waals surface area contributed by atoms with Gasteiger partial charge in [-0.25, -0.2) is 4.79 Å². The van der Waals surface area contributed by atoms with Crippen molar-refractivity contribution in [1.82, 2.24) is 9.78 Å². The Kier molecular flexibility index (Phi) is 9.88. The summed E-state index contributed by atoms with van der Waals surface area (Å²) in [5.74, 6) is 0.968. The van der Waals surface area contributed by atoms with Gasteiger partial charge in [-0.05, 0) is 59.0 Å². The Balaban J connectivity index is 1.24. The average Bonchev–Trinajstić information content (AvgIpc) is 3.43. The Morgan fingerprint density at radius 2 is 1.19 bits per heavy atom. The first-order chi connectivity index (χ1) is 21.1. The predicted molar refractivity (Wildman–Crippen MR) is 166 cm³/mol. The number of carboxylic acids is 1. The molecule has 218 valence electrons. The fraction of sp³-hybridized carbons (Fsp3) is 0.167. The van der Waals surface area contributed by atoms with Gasteiger partial charge in [0.15, 0.2) is 0 Å². The van der Waals surface area contributed by atoms with Gasteiger partial charge in [0.05, 0.1) is 12.1 Å². The molecule has 0 saturated heterocycles. The summed E-state index contributed by atoms with van der Waals surface area (Å²) in [6, 6.07) is 35.6. The van der Waals surface area contributed by atoms with Crippen LogP contribution in [0.1, 0.15) is 41.2 Å². The fourth-order valence-electron chi connectivity index (χ4n) is 4.41. The molecule has 0 radical (unpaired) electrons. The van der Waals surface area contributed by atoms with Crippen molar-refractivity contribution in [3.05, 3.63) is 149 Å². The average molecular weight is 575 g/mol. The smallest absolute Gasteiger partial charge is 0.331 e. The highest BCUT2D eigenvalue weighted by molar-refractivity contribution is 5.92. The first kappa shape index (κ1) is 29.2. The van der Waals surface area contributed by atoms with Gasteiger partial charge in [0.2, 0.25) is 5.88 Å². The van der Waals surface area contributed by atoms with Crippen LogP contribution in [0.25, 0.3) is 6.08 Å². The van der Waals surface area contributed by atoms with E-state index in [1.165, 1.54) is 0 Å². The first-order valence-corrected chi connectivity index (χ1v) is 14.2. The highest BCUT2D eigenvalue weighted by Crippen LogP contribution is 2.24. The predicted octanol–water partition coefficient (Wildman–Crippen LogP) is 7.55. The maximum Gasteiger partial charge on any atom is 0.331 e. The van der Waals surface area contributed by atoms with Crippen molar-refractivity contribution < 1.29 is 24.1 Å². The zero-order valence-electron chi connectivity index (χ0n) is 24.1. The zero-order chi connectivity index (χ0) is 29.9. The minimum absolute atomic E-state index is 0.277. The molecule has 0 bridgehead atoms. The number of carbonyl (C=O) groups is 1. The Morgan fingerprint density at radius 1 is 0.698 bits per heavy atom. The Morgan fingerprint density at radius 3 is 1.70 bits per heavy atom. The summed E-state index contributed by atoms with van der Waals surface area (Å²) in [4.78, 5) is 11.7. The number of aliphatic carboxylic acids is 1. The van der Waals surface area contributed by atoms with Crippen LogP contribution in [0, 0.1) is 0 Å². The van der Waals surface area contributed by atoms with Crippen LogP contribution >= 0.6 is 0 Å². The minimum atomic E-state index is -0.960. The molecule has 5 aromatic rings. The van der Waals surface area contributed by atoms with Crippen LogP contribution in [0.4, 0.5) is 0 Å². The van der Waals surface area contributed by atoms with Crippen LogP contribution in [0.3, 0.4) is 0 Å². The lowest BCUT2D eigenvalue weighted by molar-refractivity contribution is -0.132. The largest absolute Gasteiger partial charge is 0.489 e. The van der Waals surface area contributed by atoms with Gasteiger partial charge in [-0.3, -0.25) is 4.68 Å². The molecule has 0 spiro atoms. The van der Waals surface area contributed by atoms with Crippen molar-refractivity contribution in [2.45, 2.75) is 39.7 Å². The van der Waals surface area contributed by atoms with Crippen LogP contribution in [0.15, 0.2) is 121 Å². The summed E-state index contributed by atoms with van der Waals surface area (Å²) >= 11 is 0. The van der Waals surface area contributed by atoms with E-state index in [2.05, 4.69) is 5.10 Å². The van der Waals surface area contributed by atoms with Crippen LogP contribution in [0.2, 0.25) is 0 Å². The van der Waals surface area contributed by atoms with Crippen LogP contribution in [-0.2, 0) is 31.2 Å². The van der Waals surface area contributed by atoms with Crippen molar-refractivity contribution in [2.24, 2.45) is 0 Å². The summed E-state index contributed by atoms with van der Waals surface area (Å²) in [6.07, 6.45) is 3.82. The molecular formula is C36H34N2O5. The van der Waals surface area contributed by atoms with E-state index < -0.39 is 5.97 Å². The molecular weight excluding hydrogens is 540 g/mol. The molecule has 1 heterocycles. The second-order valence-electron chi connectivity index (χ2n) is 10.0. The molecule has 4 aromatic carbocycles.